The number of hydrazone groups is 1. The van der Waals surface area contributed by atoms with Crippen LogP contribution in [0, 0.1) is 10.1 Å². The number of carbonyl (C=O) groups is 1. The van der Waals surface area contributed by atoms with E-state index >= 15 is 0 Å². The number of amides is 1. The maximum Gasteiger partial charge on any atom is 0.272 e. The molecule has 1 amide bonds. The van der Waals surface area contributed by atoms with Gasteiger partial charge in [0.15, 0.2) is 0 Å². The van der Waals surface area contributed by atoms with Crippen molar-refractivity contribution in [1.82, 2.24) is 5.43 Å². The minimum absolute atomic E-state index is 0.0322. The number of nitro benzene ring substituents is 1. The van der Waals surface area contributed by atoms with Crippen molar-refractivity contribution in [1.29, 1.82) is 0 Å². The second-order valence-corrected chi connectivity index (χ2v) is 5.17. The molecule has 0 saturated carbocycles. The molecule has 0 bridgehead atoms. The summed E-state index contributed by atoms with van der Waals surface area (Å²) in [4.78, 5) is 21.9. The number of nitrogens with zero attached hydrogens (tertiary/aromatic N) is 2. The molecule has 7 nitrogen and oxygen atoms in total. The number of hydrogen-bond donors (Lipinski definition) is 2. The van der Waals surface area contributed by atoms with E-state index in [2.05, 4.69) is 10.5 Å². The number of nitrogens with one attached hydrogen (secondary N) is 1. The molecule has 2 N–H and O–H groups in total. The highest BCUT2D eigenvalue weighted by atomic mass is 35.5. The van der Waals surface area contributed by atoms with Crippen LogP contribution in [0.1, 0.15) is 15.9 Å². The van der Waals surface area contributed by atoms with E-state index in [0.717, 1.165) is 12.1 Å². The molecule has 118 valence electrons. The first-order valence-electron chi connectivity index (χ1n) is 6.14. The predicted molar refractivity (Wildman–Crippen MR) is 86.3 cm³/mol. The minimum Gasteiger partial charge on any atom is -0.507 e. The van der Waals surface area contributed by atoms with Gasteiger partial charge < -0.3 is 5.11 Å². The highest BCUT2D eigenvalue weighted by Crippen LogP contribution is 2.22. The fourth-order valence-electron chi connectivity index (χ4n) is 1.65. The maximum atomic E-state index is 11.9. The van der Waals surface area contributed by atoms with Gasteiger partial charge in [-0.25, -0.2) is 5.43 Å². The van der Waals surface area contributed by atoms with E-state index in [1.165, 1.54) is 30.5 Å². The molecular weight excluding hydrogens is 345 g/mol. The van der Waals surface area contributed by atoms with Crippen molar-refractivity contribution in [2.45, 2.75) is 0 Å². The van der Waals surface area contributed by atoms with Crippen LogP contribution < -0.4 is 5.43 Å². The van der Waals surface area contributed by atoms with E-state index in [-0.39, 0.29) is 22.0 Å². The highest BCUT2D eigenvalue weighted by molar-refractivity contribution is 6.34. The fraction of sp³-hybridized carbons (Fsp3) is 0. The number of halogens is 2. The number of non-ortho nitro benzene ring substituents is 1. The SMILES string of the molecule is O=C(NN=Cc1cc(Cl)ccc1O)c1ccc([N+](=O)[O-])cc1Cl. The molecule has 0 heterocycles. The van der Waals surface area contributed by atoms with E-state index in [9.17, 15) is 20.0 Å². The van der Waals surface area contributed by atoms with Gasteiger partial charge in [0, 0.05) is 22.7 Å². The van der Waals surface area contributed by atoms with Gasteiger partial charge >= 0.3 is 0 Å². The lowest BCUT2D eigenvalue weighted by Gasteiger charge is -2.03. The smallest absolute Gasteiger partial charge is 0.272 e. The minimum atomic E-state index is -0.650. The molecule has 0 aliphatic carbocycles. The van der Waals surface area contributed by atoms with Crippen molar-refractivity contribution >= 4 is 41.0 Å². The number of aromatic hydroxyl groups is 1. The topological polar surface area (TPSA) is 105 Å². The third-order valence-electron chi connectivity index (χ3n) is 2.77. The molecule has 0 spiro atoms. The van der Waals surface area contributed by atoms with Gasteiger partial charge in [-0.2, -0.15) is 5.10 Å². The van der Waals surface area contributed by atoms with Crippen molar-refractivity contribution in [2.24, 2.45) is 5.10 Å². The average molecular weight is 354 g/mol. The van der Waals surface area contributed by atoms with E-state index in [1.807, 2.05) is 0 Å². The summed E-state index contributed by atoms with van der Waals surface area (Å²) in [5.74, 6) is -0.705. The number of hydrogen-bond acceptors (Lipinski definition) is 5. The molecule has 2 aromatic carbocycles. The number of benzene rings is 2. The molecule has 0 aromatic heterocycles. The van der Waals surface area contributed by atoms with Crippen molar-refractivity contribution in [3.8, 4) is 5.75 Å². The van der Waals surface area contributed by atoms with Gasteiger partial charge in [-0.1, -0.05) is 23.2 Å². The fourth-order valence-corrected chi connectivity index (χ4v) is 2.09. The first kappa shape index (κ1) is 16.7. The van der Waals surface area contributed by atoms with Crippen LogP contribution in [-0.2, 0) is 0 Å². The maximum absolute atomic E-state index is 11.9. The summed E-state index contributed by atoms with van der Waals surface area (Å²) in [6.07, 6.45) is 1.21. The summed E-state index contributed by atoms with van der Waals surface area (Å²) < 4.78 is 0. The molecular formula is C14H9Cl2N3O4. The molecule has 0 radical (unpaired) electrons. The molecule has 9 heteroatoms. The Morgan fingerprint density at radius 1 is 1.26 bits per heavy atom. The Morgan fingerprint density at radius 2 is 2.00 bits per heavy atom. The number of phenolic OH excluding ortho intramolecular Hbond substituents is 1. The van der Waals surface area contributed by atoms with Gasteiger partial charge in [0.25, 0.3) is 11.6 Å². The van der Waals surface area contributed by atoms with Gasteiger partial charge in [-0.05, 0) is 24.3 Å². The van der Waals surface area contributed by atoms with Gasteiger partial charge in [0.2, 0.25) is 0 Å². The van der Waals surface area contributed by atoms with Crippen LogP contribution in [0.5, 0.6) is 5.75 Å². The Labute approximate surface area is 140 Å². The van der Waals surface area contributed by atoms with Gasteiger partial charge in [0.05, 0.1) is 21.7 Å². The molecule has 0 saturated heterocycles. The summed E-state index contributed by atoms with van der Waals surface area (Å²) in [7, 11) is 0. The quantitative estimate of drug-likeness (QED) is 0.499. The van der Waals surface area contributed by atoms with Crippen LogP contribution in [0.25, 0.3) is 0 Å². The lowest BCUT2D eigenvalue weighted by atomic mass is 10.2. The average Bonchev–Trinajstić information content (AvgIpc) is 2.50. The van der Waals surface area contributed by atoms with Gasteiger partial charge in [-0.15, -0.1) is 0 Å². The van der Waals surface area contributed by atoms with Crippen LogP contribution in [0.15, 0.2) is 41.5 Å². The molecule has 23 heavy (non-hydrogen) atoms. The molecule has 2 aromatic rings. The second-order valence-electron chi connectivity index (χ2n) is 4.32. The van der Waals surface area contributed by atoms with Crippen LogP contribution >= 0.6 is 23.2 Å². The number of carbonyl (C=O) groups excluding carboxylic acids is 1. The van der Waals surface area contributed by atoms with E-state index in [0.29, 0.717) is 10.6 Å². The summed E-state index contributed by atoms with van der Waals surface area (Å²) >= 11 is 11.6. The molecule has 0 aliphatic rings. The summed E-state index contributed by atoms with van der Waals surface area (Å²) in [5, 5.41) is 24.2. The third-order valence-corrected chi connectivity index (χ3v) is 3.32. The van der Waals surface area contributed by atoms with Crippen molar-refractivity contribution in [3.63, 3.8) is 0 Å². The molecule has 0 fully saturated rings. The Morgan fingerprint density at radius 3 is 2.65 bits per heavy atom. The summed E-state index contributed by atoms with van der Waals surface area (Å²) in [6, 6.07) is 7.81. The molecule has 0 atom stereocenters. The van der Waals surface area contributed by atoms with Crippen LogP contribution in [0.2, 0.25) is 10.0 Å². The van der Waals surface area contributed by atoms with Crippen molar-refractivity contribution in [3.05, 3.63) is 67.7 Å². The predicted octanol–water partition coefficient (Wildman–Crippen LogP) is 3.37. The van der Waals surface area contributed by atoms with Crippen LogP contribution in [0.3, 0.4) is 0 Å². The van der Waals surface area contributed by atoms with E-state index in [4.69, 9.17) is 23.2 Å². The summed E-state index contributed by atoms with van der Waals surface area (Å²) in [6.45, 7) is 0. The van der Waals surface area contributed by atoms with Crippen LogP contribution in [-0.4, -0.2) is 22.2 Å². The Bertz CT molecular complexity index is 809. The van der Waals surface area contributed by atoms with E-state index < -0.39 is 10.8 Å². The summed E-state index contributed by atoms with van der Waals surface area (Å²) in [5.41, 5.74) is 2.33. The van der Waals surface area contributed by atoms with Gasteiger partial charge in [-0.3, -0.25) is 14.9 Å². The molecule has 0 unspecified atom stereocenters. The lowest BCUT2D eigenvalue weighted by molar-refractivity contribution is -0.384. The number of phenols is 1. The Kier molecular flexibility index (Phi) is 5.15. The number of rotatable bonds is 4. The zero-order chi connectivity index (χ0) is 17.0. The lowest BCUT2D eigenvalue weighted by Crippen LogP contribution is -2.18. The first-order chi connectivity index (χ1) is 10.9. The zero-order valence-corrected chi connectivity index (χ0v) is 12.9. The molecule has 2 rings (SSSR count). The Hall–Kier alpha value is -2.64. The molecule has 0 aliphatic heterocycles. The standard InChI is InChI=1S/C14H9Cl2N3O4/c15-9-1-4-13(20)8(5-9)7-17-18-14(21)11-3-2-10(19(22)23)6-12(11)16/h1-7,20H,(H,18,21). The first-order valence-corrected chi connectivity index (χ1v) is 6.90. The monoisotopic (exact) mass is 353 g/mol. The number of nitro groups is 1. The van der Waals surface area contributed by atoms with E-state index in [1.54, 1.807) is 0 Å². The Balaban J connectivity index is 2.12. The zero-order valence-electron chi connectivity index (χ0n) is 11.4. The van der Waals surface area contributed by atoms with Crippen LogP contribution in [0.4, 0.5) is 5.69 Å². The van der Waals surface area contributed by atoms with Crippen molar-refractivity contribution < 1.29 is 14.8 Å². The third kappa shape index (κ3) is 4.18. The largest absolute Gasteiger partial charge is 0.507 e. The highest BCUT2D eigenvalue weighted by Gasteiger charge is 2.14. The van der Waals surface area contributed by atoms with Gasteiger partial charge in [0.1, 0.15) is 5.75 Å². The van der Waals surface area contributed by atoms with Crippen molar-refractivity contribution in [2.75, 3.05) is 0 Å². The second kappa shape index (κ2) is 7.08. The normalized spacial score (nSPS) is 10.7.